The second kappa shape index (κ2) is 6.46. The Balaban J connectivity index is 2.36. The molecule has 1 atom stereocenters. The molecule has 0 aliphatic carbocycles. The van der Waals surface area contributed by atoms with Crippen LogP contribution >= 0.6 is 0 Å². The lowest BCUT2D eigenvalue weighted by atomic mass is 10.0. The van der Waals surface area contributed by atoms with E-state index in [1.807, 2.05) is 71.9 Å². The standard InChI is InChI=1S/C19H25NO2S/c1-12-9-15(4)19(16(5)10-12)23(21,22)20-17(6)18-8-7-13(2)14(3)11-18/h7-11,17,20H,1-6H3. The molecule has 0 saturated heterocycles. The van der Waals surface area contributed by atoms with Crippen LogP contribution in [0.25, 0.3) is 0 Å². The van der Waals surface area contributed by atoms with E-state index in [0.29, 0.717) is 4.90 Å². The van der Waals surface area contributed by atoms with E-state index in [4.69, 9.17) is 0 Å². The van der Waals surface area contributed by atoms with Gasteiger partial charge in [-0.1, -0.05) is 35.9 Å². The average molecular weight is 331 g/mol. The van der Waals surface area contributed by atoms with E-state index in [-0.39, 0.29) is 6.04 Å². The summed E-state index contributed by atoms with van der Waals surface area (Å²) in [5, 5.41) is 0. The molecule has 0 radical (unpaired) electrons. The highest BCUT2D eigenvalue weighted by Gasteiger charge is 2.22. The number of hydrogen-bond acceptors (Lipinski definition) is 2. The first-order valence-corrected chi connectivity index (χ1v) is 9.27. The predicted molar refractivity (Wildman–Crippen MR) is 95.3 cm³/mol. The van der Waals surface area contributed by atoms with Crippen molar-refractivity contribution in [2.24, 2.45) is 0 Å². The molecule has 0 bridgehead atoms. The van der Waals surface area contributed by atoms with Crippen LogP contribution in [-0.2, 0) is 10.0 Å². The first kappa shape index (κ1) is 17.7. The fourth-order valence-corrected chi connectivity index (χ4v) is 4.67. The van der Waals surface area contributed by atoms with Crippen LogP contribution < -0.4 is 4.72 Å². The van der Waals surface area contributed by atoms with Crippen molar-refractivity contribution >= 4 is 10.0 Å². The van der Waals surface area contributed by atoms with E-state index < -0.39 is 10.0 Å². The molecular weight excluding hydrogens is 306 g/mol. The van der Waals surface area contributed by atoms with Gasteiger partial charge in [-0.25, -0.2) is 13.1 Å². The summed E-state index contributed by atoms with van der Waals surface area (Å²) in [6.45, 7) is 11.6. The molecule has 23 heavy (non-hydrogen) atoms. The Bertz CT molecular complexity index is 815. The van der Waals surface area contributed by atoms with E-state index in [2.05, 4.69) is 4.72 Å². The fraction of sp³-hybridized carbons (Fsp3) is 0.368. The molecule has 2 rings (SSSR count). The molecule has 1 unspecified atom stereocenters. The van der Waals surface area contributed by atoms with Gasteiger partial charge in [0.2, 0.25) is 10.0 Å². The van der Waals surface area contributed by atoms with Gasteiger partial charge in [0.25, 0.3) is 0 Å². The van der Waals surface area contributed by atoms with E-state index in [0.717, 1.165) is 27.8 Å². The molecule has 124 valence electrons. The molecule has 0 heterocycles. The number of rotatable bonds is 4. The smallest absolute Gasteiger partial charge is 0.207 e. The molecule has 3 nitrogen and oxygen atoms in total. The van der Waals surface area contributed by atoms with E-state index in [9.17, 15) is 8.42 Å². The van der Waals surface area contributed by atoms with Crippen molar-refractivity contribution in [3.63, 3.8) is 0 Å². The normalized spacial score (nSPS) is 13.1. The molecule has 0 fully saturated rings. The summed E-state index contributed by atoms with van der Waals surface area (Å²) in [5.41, 5.74) is 5.97. The van der Waals surface area contributed by atoms with E-state index in [1.165, 1.54) is 5.56 Å². The SMILES string of the molecule is Cc1cc(C)c(S(=O)(=O)NC(C)c2ccc(C)c(C)c2)c(C)c1. The molecule has 0 amide bonds. The molecule has 4 heteroatoms. The van der Waals surface area contributed by atoms with Crippen molar-refractivity contribution in [1.82, 2.24) is 4.72 Å². The van der Waals surface area contributed by atoms with Crippen LogP contribution in [0.4, 0.5) is 0 Å². The van der Waals surface area contributed by atoms with Crippen LogP contribution in [0.2, 0.25) is 0 Å². The molecular formula is C19H25NO2S. The summed E-state index contributed by atoms with van der Waals surface area (Å²) in [6.07, 6.45) is 0. The number of aryl methyl sites for hydroxylation is 5. The van der Waals surface area contributed by atoms with Crippen LogP contribution in [-0.4, -0.2) is 8.42 Å². The summed E-state index contributed by atoms with van der Waals surface area (Å²) >= 11 is 0. The van der Waals surface area contributed by atoms with E-state index >= 15 is 0 Å². The average Bonchev–Trinajstić information content (AvgIpc) is 2.39. The second-order valence-corrected chi connectivity index (χ2v) is 8.07. The first-order valence-electron chi connectivity index (χ1n) is 7.79. The van der Waals surface area contributed by atoms with Gasteiger partial charge in [-0.15, -0.1) is 0 Å². The maximum Gasteiger partial charge on any atom is 0.241 e. The topological polar surface area (TPSA) is 46.2 Å². The zero-order valence-electron chi connectivity index (χ0n) is 14.7. The van der Waals surface area contributed by atoms with Crippen LogP contribution in [0.15, 0.2) is 35.2 Å². The summed E-state index contributed by atoms with van der Waals surface area (Å²) in [6, 6.07) is 9.57. The molecule has 0 aromatic heterocycles. The van der Waals surface area contributed by atoms with Gasteiger partial charge >= 0.3 is 0 Å². The highest BCUT2D eigenvalue weighted by molar-refractivity contribution is 7.89. The molecule has 0 aliphatic heterocycles. The highest BCUT2D eigenvalue weighted by Crippen LogP contribution is 2.24. The molecule has 1 N–H and O–H groups in total. The summed E-state index contributed by atoms with van der Waals surface area (Å²) < 4.78 is 28.4. The number of hydrogen-bond donors (Lipinski definition) is 1. The Kier molecular flexibility index (Phi) is 4.97. The van der Waals surface area contributed by atoms with Crippen LogP contribution in [0.5, 0.6) is 0 Å². The Morgan fingerprint density at radius 2 is 1.39 bits per heavy atom. The molecule has 0 aliphatic rings. The maximum absolute atomic E-state index is 12.8. The van der Waals surface area contributed by atoms with Gasteiger partial charge in [-0.2, -0.15) is 0 Å². The monoisotopic (exact) mass is 331 g/mol. The minimum Gasteiger partial charge on any atom is -0.207 e. The Morgan fingerprint density at radius 1 is 0.826 bits per heavy atom. The largest absolute Gasteiger partial charge is 0.241 e. The van der Waals surface area contributed by atoms with Gasteiger partial charge in [0.1, 0.15) is 0 Å². The third-order valence-corrected chi connectivity index (χ3v) is 6.08. The quantitative estimate of drug-likeness (QED) is 0.909. The lowest BCUT2D eigenvalue weighted by molar-refractivity contribution is 0.565. The van der Waals surface area contributed by atoms with Crippen LogP contribution in [0.3, 0.4) is 0 Å². The molecule has 0 spiro atoms. The van der Waals surface area contributed by atoms with Crippen molar-refractivity contribution in [3.8, 4) is 0 Å². The first-order chi connectivity index (χ1) is 10.6. The third-order valence-electron chi connectivity index (χ3n) is 4.24. The summed E-state index contributed by atoms with van der Waals surface area (Å²) in [5.74, 6) is 0. The van der Waals surface area contributed by atoms with Crippen LogP contribution in [0.1, 0.15) is 46.3 Å². The Hall–Kier alpha value is -1.65. The lowest BCUT2D eigenvalue weighted by Gasteiger charge is -2.18. The van der Waals surface area contributed by atoms with E-state index in [1.54, 1.807) is 0 Å². The fourth-order valence-electron chi connectivity index (χ4n) is 2.98. The van der Waals surface area contributed by atoms with Crippen LogP contribution in [0, 0.1) is 34.6 Å². The molecule has 2 aromatic rings. The maximum atomic E-state index is 12.8. The lowest BCUT2D eigenvalue weighted by Crippen LogP contribution is -2.28. The number of nitrogens with one attached hydrogen (secondary N) is 1. The van der Waals surface area contributed by atoms with Gasteiger partial charge in [0.15, 0.2) is 0 Å². The second-order valence-electron chi connectivity index (χ2n) is 6.41. The zero-order valence-corrected chi connectivity index (χ0v) is 15.5. The van der Waals surface area contributed by atoms with Crippen molar-refractivity contribution in [2.75, 3.05) is 0 Å². The Labute approximate surface area is 139 Å². The molecule has 2 aromatic carbocycles. The summed E-state index contributed by atoms with van der Waals surface area (Å²) in [7, 11) is -3.56. The van der Waals surface area contributed by atoms with Gasteiger partial charge in [-0.05, 0) is 69.4 Å². The van der Waals surface area contributed by atoms with Gasteiger partial charge in [-0.3, -0.25) is 0 Å². The predicted octanol–water partition coefficient (Wildman–Crippen LogP) is 4.27. The van der Waals surface area contributed by atoms with Crippen molar-refractivity contribution in [2.45, 2.75) is 52.5 Å². The van der Waals surface area contributed by atoms with Gasteiger partial charge < -0.3 is 0 Å². The minimum atomic E-state index is -3.56. The van der Waals surface area contributed by atoms with Gasteiger partial charge in [0.05, 0.1) is 4.90 Å². The molecule has 0 saturated carbocycles. The number of benzene rings is 2. The van der Waals surface area contributed by atoms with Crippen molar-refractivity contribution in [1.29, 1.82) is 0 Å². The van der Waals surface area contributed by atoms with Gasteiger partial charge in [0, 0.05) is 6.04 Å². The number of sulfonamides is 1. The highest BCUT2D eigenvalue weighted by atomic mass is 32.2. The van der Waals surface area contributed by atoms with Crippen molar-refractivity contribution in [3.05, 3.63) is 63.7 Å². The minimum absolute atomic E-state index is 0.278. The summed E-state index contributed by atoms with van der Waals surface area (Å²) in [4.78, 5) is 0.388. The third kappa shape index (κ3) is 3.82. The zero-order chi connectivity index (χ0) is 17.4. The van der Waals surface area contributed by atoms with Crippen molar-refractivity contribution < 1.29 is 8.42 Å². The Morgan fingerprint density at radius 3 is 1.91 bits per heavy atom.